The van der Waals surface area contributed by atoms with Crippen LogP contribution in [0.25, 0.3) is 0 Å². The molecule has 4 atom stereocenters. The van der Waals surface area contributed by atoms with Crippen LogP contribution in [0.15, 0.2) is 0 Å². The Bertz CT molecular complexity index is 368. The van der Waals surface area contributed by atoms with Crippen molar-refractivity contribution in [1.82, 2.24) is 0 Å². The van der Waals surface area contributed by atoms with E-state index in [1.807, 2.05) is 0 Å². The van der Waals surface area contributed by atoms with Gasteiger partial charge in [0, 0.05) is 0 Å². The molecule has 4 unspecified atom stereocenters. The maximum absolute atomic E-state index is 10.9. The Morgan fingerprint density at radius 2 is 0.864 bits per heavy atom. The van der Waals surface area contributed by atoms with E-state index in [4.69, 9.17) is 30.6 Å². The van der Waals surface area contributed by atoms with Crippen molar-refractivity contribution in [3.63, 3.8) is 0 Å². The van der Waals surface area contributed by atoms with Crippen molar-refractivity contribution in [2.75, 3.05) is 0 Å². The molecule has 22 heavy (non-hydrogen) atoms. The average molecular weight is 386 g/mol. The van der Waals surface area contributed by atoms with Gasteiger partial charge in [0.2, 0.25) is 0 Å². The van der Waals surface area contributed by atoms with Gasteiger partial charge in [0.25, 0.3) is 0 Å². The number of carboxylic acid groups (broad SMARTS) is 2. The van der Waals surface area contributed by atoms with Crippen LogP contribution >= 0.6 is 0 Å². The summed E-state index contributed by atoms with van der Waals surface area (Å²) in [6.07, 6.45) is -10.4. The fourth-order valence-corrected chi connectivity index (χ4v) is 0.748. The van der Waals surface area contributed by atoms with Gasteiger partial charge in [-0.05, 0) is 0 Å². The molecule has 0 fully saturated rings. The second kappa shape index (κ2) is 15.4. The Kier molecular flexibility index (Phi) is 22.4. The van der Waals surface area contributed by atoms with Crippen molar-refractivity contribution in [3.05, 3.63) is 0 Å². The molecule has 0 saturated carbocycles. The van der Waals surface area contributed by atoms with E-state index in [2.05, 4.69) is 4.74 Å². The number of carbonyl (C=O) groups is 4. The monoisotopic (exact) mass is 386 g/mol. The number of aliphatic hydroxyl groups excluding tert-OH is 4. The predicted octanol–water partition coefficient (Wildman–Crippen LogP) is -6.28. The Balaban J connectivity index is -0.000000540. The van der Waals surface area contributed by atoms with Crippen LogP contribution in [0.2, 0.25) is 0 Å². The summed E-state index contributed by atoms with van der Waals surface area (Å²) < 4.78 is 3.69. The van der Waals surface area contributed by atoms with E-state index in [0.717, 1.165) is 0 Å². The van der Waals surface area contributed by atoms with Crippen LogP contribution in [-0.4, -0.2) is 211 Å². The van der Waals surface area contributed by atoms with Crippen molar-refractivity contribution in [3.8, 4) is 0 Å². The Labute approximate surface area is 230 Å². The van der Waals surface area contributed by atoms with Gasteiger partial charge in [-0.2, -0.15) is 0 Å². The van der Waals surface area contributed by atoms with E-state index < -0.39 is 48.3 Å². The van der Waals surface area contributed by atoms with Gasteiger partial charge in [0.05, 0.1) is 0 Å². The van der Waals surface area contributed by atoms with E-state index >= 15 is 0 Å². The molecule has 114 valence electrons. The summed E-state index contributed by atoms with van der Waals surface area (Å²) in [6.45, 7) is 0. The molecule has 0 aromatic heterocycles. The second-order valence-corrected chi connectivity index (χ2v) is 3.20. The number of esters is 2. The van der Waals surface area contributed by atoms with E-state index in [1.165, 1.54) is 0 Å². The fraction of sp³-hybridized carbons (Fsp3) is 0.500. The van der Waals surface area contributed by atoms with Crippen LogP contribution in [0.1, 0.15) is 0 Å². The van der Waals surface area contributed by atoms with Gasteiger partial charge in [-0.25, -0.2) is 19.2 Å². The summed E-state index contributed by atoms with van der Waals surface area (Å²) in [4.78, 5) is 42.3. The van der Waals surface area contributed by atoms with Gasteiger partial charge in [-0.15, -0.1) is 0 Å². The van der Waals surface area contributed by atoms with Crippen molar-refractivity contribution in [2.45, 2.75) is 24.4 Å². The molecule has 0 radical (unpaired) electrons. The van der Waals surface area contributed by atoms with Gasteiger partial charge < -0.3 is 35.4 Å². The summed E-state index contributed by atoms with van der Waals surface area (Å²) in [7, 11) is 0. The molecule has 11 nitrogen and oxygen atoms in total. The first kappa shape index (κ1) is 31.9. The molecule has 0 bridgehead atoms. The van der Waals surface area contributed by atoms with Crippen LogP contribution < -0.4 is 0 Å². The summed E-state index contributed by atoms with van der Waals surface area (Å²) >= 11 is 0. The van der Waals surface area contributed by atoms with Crippen molar-refractivity contribution in [2.24, 2.45) is 0 Å². The van der Waals surface area contributed by atoms with Gasteiger partial charge >= 0.3 is 156 Å². The number of aliphatic carboxylic acids is 2. The first-order chi connectivity index (χ1) is 8.59. The molecular formula is C8H13K2NaO11. The van der Waals surface area contributed by atoms with Gasteiger partial charge in [-0.3, -0.25) is 0 Å². The molecule has 0 aliphatic carbocycles. The minimum absolute atomic E-state index is 0. The van der Waals surface area contributed by atoms with Crippen LogP contribution in [0.4, 0.5) is 0 Å². The third-order valence-corrected chi connectivity index (χ3v) is 1.79. The summed E-state index contributed by atoms with van der Waals surface area (Å²) in [6, 6.07) is 0. The van der Waals surface area contributed by atoms with Crippen LogP contribution in [0, 0.1) is 0 Å². The molecule has 0 rings (SSSR count). The molecule has 0 aliphatic heterocycles. The third kappa shape index (κ3) is 10.9. The molecule has 0 aromatic carbocycles. The Morgan fingerprint density at radius 1 is 0.636 bits per heavy atom. The second-order valence-electron chi connectivity index (χ2n) is 3.20. The van der Waals surface area contributed by atoms with E-state index in [0.29, 0.717) is 0 Å². The first-order valence-corrected chi connectivity index (χ1v) is 4.53. The first-order valence-electron chi connectivity index (χ1n) is 4.53. The van der Waals surface area contributed by atoms with E-state index in [-0.39, 0.29) is 132 Å². The zero-order chi connectivity index (χ0) is 15.3. The minimum atomic E-state index is -2.63. The third-order valence-electron chi connectivity index (χ3n) is 1.79. The summed E-state index contributed by atoms with van der Waals surface area (Å²) in [5.41, 5.74) is 0. The number of carboxylic acids is 2. The molecule has 6 N–H and O–H groups in total. The van der Waals surface area contributed by atoms with Gasteiger partial charge in [-0.1, -0.05) is 0 Å². The van der Waals surface area contributed by atoms with Crippen LogP contribution in [0.5, 0.6) is 0 Å². The van der Waals surface area contributed by atoms with Crippen molar-refractivity contribution >= 4 is 156 Å². The molecule has 0 saturated heterocycles. The molecule has 0 aliphatic rings. The van der Waals surface area contributed by atoms with Crippen LogP contribution in [-0.2, 0) is 23.9 Å². The molecule has 14 heteroatoms. The SMILES string of the molecule is O=C(O)C(O)C(O)C(=O)OC(=O)C(O)C(O)C(=O)O.[KH].[KH].[NaH]. The molecule has 0 heterocycles. The number of hydrogen-bond acceptors (Lipinski definition) is 9. The Hall–Kier alpha value is 2.19. The van der Waals surface area contributed by atoms with Crippen molar-refractivity contribution < 1.29 is 54.6 Å². The molecule has 0 spiro atoms. The van der Waals surface area contributed by atoms with E-state index in [1.54, 1.807) is 0 Å². The molecule has 0 amide bonds. The van der Waals surface area contributed by atoms with E-state index in [9.17, 15) is 19.2 Å². The maximum atomic E-state index is 10.9. The zero-order valence-corrected chi connectivity index (χ0v) is 9.03. The normalized spacial score (nSPS) is 14.5. The number of ether oxygens (including phenoxy) is 1. The molecule has 0 aromatic rings. The fourth-order valence-electron chi connectivity index (χ4n) is 0.748. The van der Waals surface area contributed by atoms with Crippen molar-refractivity contribution in [1.29, 1.82) is 0 Å². The quantitative estimate of drug-likeness (QED) is 0.144. The number of carbonyl (C=O) groups excluding carboxylic acids is 2. The van der Waals surface area contributed by atoms with Crippen LogP contribution in [0.3, 0.4) is 0 Å². The zero-order valence-electron chi connectivity index (χ0n) is 9.03. The Morgan fingerprint density at radius 3 is 1.05 bits per heavy atom. The summed E-state index contributed by atoms with van der Waals surface area (Å²) in [5, 5.41) is 51.8. The van der Waals surface area contributed by atoms with Gasteiger partial charge in [0.1, 0.15) is 0 Å². The predicted molar refractivity (Wildman–Crippen MR) is 71.8 cm³/mol. The topological polar surface area (TPSA) is 199 Å². The number of aliphatic hydroxyl groups is 4. The summed E-state index contributed by atoms with van der Waals surface area (Å²) in [5.74, 6) is -7.83. The standard InChI is InChI=1S/C8H10O11.2K.Na.3H/c9-1(5(13)14)3(11)7(17)19-8(18)4(12)2(10)6(15)16;;;;;;/h1-4,9-12H,(H,13,14)(H,15,16);;;;;;. The average Bonchev–Trinajstić information content (AvgIpc) is 2.34. The molecular weight excluding hydrogens is 373 g/mol. The number of hydrogen-bond donors (Lipinski definition) is 6. The van der Waals surface area contributed by atoms with Gasteiger partial charge in [0.15, 0.2) is 24.4 Å². The number of rotatable bonds is 6.